The second kappa shape index (κ2) is 44.1. The maximum absolute atomic E-state index is 13.1. The highest BCUT2D eigenvalue weighted by Gasteiger charge is 2.47. The molecule has 0 aliphatic carbocycles. The number of hydrogen-bond acceptors (Lipinski definition) is 14. The van der Waals surface area contributed by atoms with E-state index in [1.165, 1.54) is 173 Å². The third kappa shape index (κ3) is 30.8. The number of esters is 1. The van der Waals surface area contributed by atoms with Crippen LogP contribution in [0.5, 0.6) is 0 Å². The Hall–Kier alpha value is -1.27. The molecule has 2 rings (SSSR count). The molecule has 11 atom stereocenters. The first-order valence-electron chi connectivity index (χ1n) is 28.8. The number of aliphatic hydroxyl groups is 7. The Balaban J connectivity index is 1.72. The van der Waals surface area contributed by atoms with E-state index in [9.17, 15) is 40.5 Å². The van der Waals surface area contributed by atoms with Crippen LogP contribution in [0.2, 0.25) is 0 Å². The molecule has 70 heavy (non-hydrogen) atoms. The molecule has 0 bridgehead atoms. The molecule has 0 aromatic heterocycles. The van der Waals surface area contributed by atoms with Gasteiger partial charge >= 0.3 is 5.97 Å². The Morgan fingerprint density at radius 1 is 0.457 bits per heavy atom. The highest BCUT2D eigenvalue weighted by Crippen LogP contribution is 2.27. The van der Waals surface area contributed by atoms with E-state index in [0.29, 0.717) is 13.0 Å². The van der Waals surface area contributed by atoms with E-state index >= 15 is 0 Å². The van der Waals surface area contributed by atoms with Crippen molar-refractivity contribution in [2.24, 2.45) is 0 Å². The van der Waals surface area contributed by atoms with Crippen LogP contribution in [0.1, 0.15) is 239 Å². The Labute approximate surface area is 425 Å². The summed E-state index contributed by atoms with van der Waals surface area (Å²) in [4.78, 5) is 13.1. The first-order valence-corrected chi connectivity index (χ1v) is 28.8. The molecule has 0 radical (unpaired) electrons. The number of aliphatic hydroxyl groups excluding tert-OH is 7. The highest BCUT2D eigenvalue weighted by molar-refractivity contribution is 5.69. The van der Waals surface area contributed by atoms with Gasteiger partial charge in [-0.3, -0.25) is 4.79 Å². The summed E-state index contributed by atoms with van der Waals surface area (Å²) >= 11 is 0. The summed E-state index contributed by atoms with van der Waals surface area (Å²) < 4.78 is 34.4. The number of allylic oxidation sites excluding steroid dienone is 2. The first-order chi connectivity index (χ1) is 34.1. The van der Waals surface area contributed by atoms with Crippen LogP contribution in [0, 0.1) is 0 Å². The van der Waals surface area contributed by atoms with Gasteiger partial charge in [-0.25, -0.2) is 0 Å². The van der Waals surface area contributed by atoms with Crippen molar-refractivity contribution >= 4 is 5.97 Å². The topological polar surface area (TPSA) is 214 Å². The number of carbonyl (C=O) groups excluding carboxylic acids is 1. The molecule has 11 unspecified atom stereocenters. The summed E-state index contributed by atoms with van der Waals surface area (Å²) in [7, 11) is 0. The minimum atomic E-state index is -1.70. The summed E-state index contributed by atoms with van der Waals surface area (Å²) in [5, 5.41) is 72.3. The van der Waals surface area contributed by atoms with Gasteiger partial charge in [-0.15, -0.1) is 0 Å². The largest absolute Gasteiger partial charge is 0.457 e. The maximum atomic E-state index is 13.1. The predicted molar refractivity (Wildman–Crippen MR) is 275 cm³/mol. The van der Waals surface area contributed by atoms with Crippen LogP contribution in [0.4, 0.5) is 0 Å². The molecule has 14 nitrogen and oxygen atoms in total. The lowest BCUT2D eigenvalue weighted by Gasteiger charge is -2.42. The Kier molecular flexibility index (Phi) is 40.8. The zero-order valence-electron chi connectivity index (χ0n) is 44.3. The fourth-order valence-corrected chi connectivity index (χ4v) is 9.34. The lowest BCUT2D eigenvalue weighted by Crippen LogP contribution is -2.61. The number of unbranched alkanes of at least 4 members (excludes halogenated alkanes) is 31. The molecule has 14 heteroatoms. The second-order valence-electron chi connectivity index (χ2n) is 20.5. The van der Waals surface area contributed by atoms with E-state index in [0.717, 1.165) is 38.5 Å². The van der Waals surface area contributed by atoms with E-state index in [-0.39, 0.29) is 25.6 Å². The zero-order valence-corrected chi connectivity index (χ0v) is 44.3. The average molecular weight is 1000 g/mol. The Morgan fingerprint density at radius 3 is 1.30 bits per heavy atom. The van der Waals surface area contributed by atoms with Crippen LogP contribution in [-0.4, -0.2) is 142 Å². The van der Waals surface area contributed by atoms with Crippen LogP contribution in [0.15, 0.2) is 12.2 Å². The van der Waals surface area contributed by atoms with Gasteiger partial charge in [0.1, 0.15) is 54.9 Å². The van der Waals surface area contributed by atoms with Crippen molar-refractivity contribution in [2.75, 3.05) is 33.0 Å². The molecule has 0 amide bonds. The van der Waals surface area contributed by atoms with Crippen molar-refractivity contribution in [3.8, 4) is 0 Å². The molecule has 414 valence electrons. The van der Waals surface area contributed by atoms with Gasteiger partial charge in [-0.1, -0.05) is 206 Å². The van der Waals surface area contributed by atoms with Crippen LogP contribution >= 0.6 is 0 Å². The van der Waals surface area contributed by atoms with Crippen molar-refractivity contribution in [1.82, 2.24) is 0 Å². The van der Waals surface area contributed by atoms with Gasteiger partial charge < -0.3 is 64.2 Å². The summed E-state index contributed by atoms with van der Waals surface area (Å²) in [6.07, 6.45) is 31.2. The normalized spacial score (nSPS) is 25.5. The monoisotopic (exact) mass is 1000 g/mol. The molecule has 2 fully saturated rings. The summed E-state index contributed by atoms with van der Waals surface area (Å²) in [6.45, 7) is 3.73. The van der Waals surface area contributed by atoms with Gasteiger partial charge in [-0.05, 0) is 38.5 Å². The molecule has 2 aliphatic rings. The molecule has 0 aromatic rings. The van der Waals surface area contributed by atoms with Gasteiger partial charge in [0.15, 0.2) is 12.6 Å². The maximum Gasteiger partial charge on any atom is 0.306 e. The van der Waals surface area contributed by atoms with Crippen LogP contribution in [-0.2, 0) is 33.2 Å². The van der Waals surface area contributed by atoms with Crippen LogP contribution in [0.25, 0.3) is 0 Å². The SMILES string of the molecule is CCCCCCCC/C=C\CCCCCCCCCCOCC(COC1OC(COC2OC(CO)C(O)C(O)C2O)C(O)C(O)C1O)OC(=O)CCCCCCCCCCCCCCCCCCCC. The van der Waals surface area contributed by atoms with Gasteiger partial charge in [0.05, 0.1) is 26.4 Å². The van der Waals surface area contributed by atoms with Gasteiger partial charge in [0, 0.05) is 13.0 Å². The molecular formula is C56H106O14. The minimum Gasteiger partial charge on any atom is -0.457 e. The lowest BCUT2D eigenvalue weighted by molar-refractivity contribution is -0.332. The standard InChI is InChI=1S/C56H106O14/c1-3-5-7-9-11-13-15-17-19-21-23-25-27-29-31-33-35-37-39-48(58)68-45(42-65-40-38-36-34-32-30-28-26-24-22-20-18-16-14-12-10-8-6-4-2)43-66-55-54(64)52(62)50(60)47(70-55)44-67-56-53(63)51(61)49(59)46(41-57)69-56/h18,20,45-47,49-57,59-64H,3-17,19,21-44H2,1-2H3/b20-18-. The summed E-state index contributed by atoms with van der Waals surface area (Å²) in [6, 6.07) is 0. The Morgan fingerprint density at radius 2 is 0.843 bits per heavy atom. The van der Waals surface area contributed by atoms with Gasteiger partial charge in [-0.2, -0.15) is 0 Å². The highest BCUT2D eigenvalue weighted by atomic mass is 16.7. The third-order valence-corrected chi connectivity index (χ3v) is 14.0. The van der Waals surface area contributed by atoms with Crippen LogP contribution < -0.4 is 0 Å². The van der Waals surface area contributed by atoms with E-state index in [4.69, 9.17) is 28.4 Å². The van der Waals surface area contributed by atoms with Crippen molar-refractivity contribution in [1.29, 1.82) is 0 Å². The van der Waals surface area contributed by atoms with E-state index < -0.39 is 80.7 Å². The molecule has 2 saturated heterocycles. The van der Waals surface area contributed by atoms with Crippen molar-refractivity contribution < 1.29 is 69.0 Å². The molecule has 0 spiro atoms. The van der Waals surface area contributed by atoms with Crippen LogP contribution in [0.3, 0.4) is 0 Å². The quantitative estimate of drug-likeness (QED) is 0.0172. The fraction of sp³-hybridized carbons (Fsp3) is 0.946. The second-order valence-corrected chi connectivity index (χ2v) is 20.5. The van der Waals surface area contributed by atoms with E-state index in [2.05, 4.69) is 26.0 Å². The van der Waals surface area contributed by atoms with Crippen molar-refractivity contribution in [2.45, 2.75) is 306 Å². The summed E-state index contributed by atoms with van der Waals surface area (Å²) in [5.74, 6) is -0.371. The molecule has 2 heterocycles. The number of rotatable bonds is 47. The van der Waals surface area contributed by atoms with Crippen molar-refractivity contribution in [3.63, 3.8) is 0 Å². The molecule has 0 aromatic carbocycles. The van der Waals surface area contributed by atoms with E-state index in [1.54, 1.807) is 0 Å². The summed E-state index contributed by atoms with van der Waals surface area (Å²) in [5.41, 5.74) is 0. The number of hydrogen-bond donors (Lipinski definition) is 7. The zero-order chi connectivity index (χ0) is 50.9. The number of ether oxygens (including phenoxy) is 6. The molecule has 2 aliphatic heterocycles. The first kappa shape index (κ1) is 64.8. The van der Waals surface area contributed by atoms with E-state index in [1.807, 2.05) is 0 Å². The smallest absolute Gasteiger partial charge is 0.306 e. The lowest BCUT2D eigenvalue weighted by atomic mass is 9.98. The third-order valence-electron chi connectivity index (χ3n) is 14.0. The number of carbonyl (C=O) groups is 1. The predicted octanol–water partition coefficient (Wildman–Crippen LogP) is 9.81. The fourth-order valence-electron chi connectivity index (χ4n) is 9.34. The van der Waals surface area contributed by atoms with Gasteiger partial charge in [0.25, 0.3) is 0 Å². The molecule has 0 saturated carbocycles. The average Bonchev–Trinajstić information content (AvgIpc) is 3.36. The van der Waals surface area contributed by atoms with Crippen molar-refractivity contribution in [3.05, 3.63) is 12.2 Å². The minimum absolute atomic E-state index is 0.0654. The van der Waals surface area contributed by atoms with Gasteiger partial charge in [0.2, 0.25) is 0 Å². The molecule has 7 N–H and O–H groups in total. The Bertz CT molecular complexity index is 1210. The molecular weight excluding hydrogens is 897 g/mol.